The number of hydrogen-bond acceptors (Lipinski definition) is 4. The second-order valence-corrected chi connectivity index (χ2v) is 3.92. The van der Waals surface area contributed by atoms with Crippen LogP contribution in [0.3, 0.4) is 0 Å². The van der Waals surface area contributed by atoms with E-state index in [1.807, 2.05) is 0 Å². The number of methoxy groups -OCH3 is 2. The summed E-state index contributed by atoms with van der Waals surface area (Å²) in [6, 6.07) is 1.45. The van der Waals surface area contributed by atoms with Gasteiger partial charge in [0.25, 0.3) is 6.43 Å². The van der Waals surface area contributed by atoms with Crippen LogP contribution >= 0.6 is 15.9 Å². The lowest BCUT2D eigenvalue weighted by Gasteiger charge is -2.11. The summed E-state index contributed by atoms with van der Waals surface area (Å²) in [6.07, 6.45) is -2.95. The predicted octanol–water partition coefficient (Wildman–Crippen LogP) is 2.51. The molecule has 0 aliphatic rings. The lowest BCUT2D eigenvalue weighted by molar-refractivity contribution is -0.139. The molecule has 17 heavy (non-hydrogen) atoms. The average molecular weight is 310 g/mol. The summed E-state index contributed by atoms with van der Waals surface area (Å²) >= 11 is 3.09. The Morgan fingerprint density at radius 1 is 1.53 bits per heavy atom. The van der Waals surface area contributed by atoms with Crippen molar-refractivity contribution in [3.8, 4) is 5.75 Å². The second kappa shape index (κ2) is 5.90. The van der Waals surface area contributed by atoms with Gasteiger partial charge in [0.1, 0.15) is 5.69 Å². The Labute approximate surface area is 105 Å². The van der Waals surface area contributed by atoms with Crippen molar-refractivity contribution in [3.05, 3.63) is 21.9 Å². The first-order valence-corrected chi connectivity index (χ1v) is 5.37. The summed E-state index contributed by atoms with van der Waals surface area (Å²) in [7, 11) is 2.49. The first kappa shape index (κ1) is 13.8. The molecule has 0 aromatic carbocycles. The fourth-order valence-corrected chi connectivity index (χ4v) is 1.86. The molecule has 7 heteroatoms. The summed E-state index contributed by atoms with van der Waals surface area (Å²) in [4.78, 5) is 14.7. The molecule has 0 amide bonds. The Bertz CT molecular complexity index is 426. The van der Waals surface area contributed by atoms with Gasteiger partial charge < -0.3 is 9.47 Å². The summed E-state index contributed by atoms with van der Waals surface area (Å²) in [5.74, 6) is -0.580. The zero-order chi connectivity index (χ0) is 13.0. The number of ether oxygens (including phenoxy) is 2. The lowest BCUT2D eigenvalue weighted by atomic mass is 10.2. The topological polar surface area (TPSA) is 48.4 Å². The molecule has 4 nitrogen and oxygen atoms in total. The van der Waals surface area contributed by atoms with Crippen molar-refractivity contribution < 1.29 is 23.0 Å². The van der Waals surface area contributed by atoms with Gasteiger partial charge in [-0.2, -0.15) is 0 Å². The quantitative estimate of drug-likeness (QED) is 0.802. The molecular weight excluding hydrogens is 300 g/mol. The molecule has 1 rings (SSSR count). The van der Waals surface area contributed by atoms with E-state index in [4.69, 9.17) is 4.74 Å². The number of nitrogens with zero attached hydrogens (tertiary/aromatic N) is 1. The molecule has 94 valence electrons. The molecule has 0 spiro atoms. The van der Waals surface area contributed by atoms with E-state index in [2.05, 4.69) is 25.7 Å². The number of esters is 1. The van der Waals surface area contributed by atoms with E-state index in [1.165, 1.54) is 20.3 Å². The van der Waals surface area contributed by atoms with Gasteiger partial charge in [-0.3, -0.25) is 4.79 Å². The minimum atomic E-state index is -2.78. The smallest absolute Gasteiger partial charge is 0.311 e. The summed E-state index contributed by atoms with van der Waals surface area (Å²) < 4.78 is 35.0. The summed E-state index contributed by atoms with van der Waals surface area (Å²) in [5.41, 5.74) is -0.305. The second-order valence-electron chi connectivity index (χ2n) is 3.07. The van der Waals surface area contributed by atoms with Crippen LogP contribution in [0.1, 0.15) is 17.8 Å². The van der Waals surface area contributed by atoms with Gasteiger partial charge in [-0.25, -0.2) is 13.8 Å². The van der Waals surface area contributed by atoms with Gasteiger partial charge in [-0.15, -0.1) is 0 Å². The third-order valence-corrected chi connectivity index (χ3v) is 2.56. The standard InChI is InChI=1S/C10H10BrF2NO3/c1-16-7(15)4-5-3-6(11)9(17-2)8(14-5)10(12)13/h3,10H,4H2,1-2H3. The van der Waals surface area contributed by atoms with Crippen LogP contribution in [0.5, 0.6) is 5.75 Å². The van der Waals surface area contributed by atoms with Crippen molar-refractivity contribution in [1.82, 2.24) is 4.98 Å². The molecule has 0 radical (unpaired) electrons. The molecule has 0 aliphatic carbocycles. The number of carbonyl (C=O) groups excluding carboxylic acids is 1. The van der Waals surface area contributed by atoms with Crippen LogP contribution in [0.4, 0.5) is 8.78 Å². The third kappa shape index (κ3) is 3.36. The highest BCUT2D eigenvalue weighted by molar-refractivity contribution is 9.10. The summed E-state index contributed by atoms with van der Waals surface area (Å²) in [5, 5.41) is 0. The van der Waals surface area contributed by atoms with Crippen LogP contribution in [0.15, 0.2) is 10.5 Å². The highest BCUT2D eigenvalue weighted by atomic mass is 79.9. The van der Waals surface area contributed by atoms with Gasteiger partial charge in [0.05, 0.1) is 30.8 Å². The van der Waals surface area contributed by atoms with Gasteiger partial charge >= 0.3 is 5.97 Å². The van der Waals surface area contributed by atoms with Gasteiger partial charge in [0.15, 0.2) is 5.75 Å². The maximum atomic E-state index is 12.7. The highest BCUT2D eigenvalue weighted by Gasteiger charge is 2.20. The number of halogens is 3. The van der Waals surface area contributed by atoms with Crippen molar-refractivity contribution in [2.24, 2.45) is 0 Å². The molecule has 0 aliphatic heterocycles. The van der Waals surface area contributed by atoms with E-state index in [-0.39, 0.29) is 17.9 Å². The Morgan fingerprint density at radius 3 is 2.65 bits per heavy atom. The van der Waals surface area contributed by atoms with Crippen molar-refractivity contribution in [3.63, 3.8) is 0 Å². The Hall–Kier alpha value is -1.24. The van der Waals surface area contributed by atoms with E-state index in [0.717, 1.165) is 0 Å². The van der Waals surface area contributed by atoms with Crippen LogP contribution in [0, 0.1) is 0 Å². The Kier molecular flexibility index (Phi) is 4.80. The first-order valence-electron chi connectivity index (χ1n) is 4.57. The molecule has 1 aromatic rings. The highest BCUT2D eigenvalue weighted by Crippen LogP contribution is 2.34. The maximum absolute atomic E-state index is 12.7. The van der Waals surface area contributed by atoms with Crippen molar-refractivity contribution in [2.75, 3.05) is 14.2 Å². The Morgan fingerprint density at radius 2 is 2.18 bits per heavy atom. The molecule has 0 N–H and O–H groups in total. The molecule has 0 unspecified atom stereocenters. The zero-order valence-electron chi connectivity index (χ0n) is 9.17. The molecule has 0 atom stereocenters. The van der Waals surface area contributed by atoms with E-state index >= 15 is 0 Å². The number of hydrogen-bond donors (Lipinski definition) is 0. The predicted molar refractivity (Wildman–Crippen MR) is 59.2 cm³/mol. The van der Waals surface area contributed by atoms with Crippen molar-refractivity contribution in [1.29, 1.82) is 0 Å². The van der Waals surface area contributed by atoms with E-state index < -0.39 is 18.1 Å². The minimum Gasteiger partial charge on any atom is -0.493 e. The van der Waals surface area contributed by atoms with Gasteiger partial charge in [-0.05, 0) is 22.0 Å². The molecule has 0 fully saturated rings. The maximum Gasteiger partial charge on any atom is 0.311 e. The Balaban J connectivity index is 3.15. The van der Waals surface area contributed by atoms with E-state index in [0.29, 0.717) is 4.47 Å². The first-order chi connectivity index (χ1) is 7.99. The molecular formula is C10H10BrF2NO3. The number of alkyl halides is 2. The van der Waals surface area contributed by atoms with Crippen LogP contribution in [-0.2, 0) is 16.0 Å². The largest absolute Gasteiger partial charge is 0.493 e. The SMILES string of the molecule is COC(=O)Cc1cc(Br)c(OC)c(C(F)F)n1. The fourth-order valence-electron chi connectivity index (χ4n) is 1.23. The number of rotatable bonds is 4. The van der Waals surface area contributed by atoms with Gasteiger partial charge in [0, 0.05) is 0 Å². The minimum absolute atomic E-state index is 0.0337. The number of pyridine rings is 1. The monoisotopic (exact) mass is 309 g/mol. The van der Waals surface area contributed by atoms with Crippen molar-refractivity contribution in [2.45, 2.75) is 12.8 Å². The fraction of sp³-hybridized carbons (Fsp3) is 0.400. The summed E-state index contributed by atoms with van der Waals surface area (Å²) in [6.45, 7) is 0. The molecule has 0 saturated carbocycles. The van der Waals surface area contributed by atoms with Crippen LogP contribution < -0.4 is 4.74 Å². The zero-order valence-corrected chi connectivity index (χ0v) is 10.8. The molecule has 1 heterocycles. The normalized spacial score (nSPS) is 10.5. The molecule has 0 bridgehead atoms. The van der Waals surface area contributed by atoms with Crippen molar-refractivity contribution >= 4 is 21.9 Å². The van der Waals surface area contributed by atoms with Crippen LogP contribution in [0.2, 0.25) is 0 Å². The van der Waals surface area contributed by atoms with Gasteiger partial charge in [-0.1, -0.05) is 0 Å². The molecule has 0 saturated heterocycles. The van der Waals surface area contributed by atoms with Gasteiger partial charge in [0.2, 0.25) is 0 Å². The van der Waals surface area contributed by atoms with E-state index in [1.54, 1.807) is 0 Å². The third-order valence-electron chi connectivity index (χ3n) is 1.97. The van der Waals surface area contributed by atoms with Crippen LogP contribution in [-0.4, -0.2) is 25.2 Å². The average Bonchev–Trinajstić information content (AvgIpc) is 2.28. The van der Waals surface area contributed by atoms with Crippen LogP contribution in [0.25, 0.3) is 0 Å². The van der Waals surface area contributed by atoms with E-state index in [9.17, 15) is 13.6 Å². The molecule has 1 aromatic heterocycles. The lowest BCUT2D eigenvalue weighted by Crippen LogP contribution is -2.08. The number of aromatic nitrogens is 1. The number of carbonyl (C=O) groups is 1.